The fourth-order valence-electron chi connectivity index (χ4n) is 3.27. The van der Waals surface area contributed by atoms with Crippen LogP contribution in [0.3, 0.4) is 0 Å². The number of fused-ring (bicyclic) bond motifs is 2. The van der Waals surface area contributed by atoms with Gasteiger partial charge < -0.3 is 0 Å². The van der Waals surface area contributed by atoms with Crippen molar-refractivity contribution in [2.75, 3.05) is 0 Å². The van der Waals surface area contributed by atoms with Crippen LogP contribution in [0.1, 0.15) is 25.7 Å². The van der Waals surface area contributed by atoms with Gasteiger partial charge in [-0.2, -0.15) is 0 Å². The molecule has 0 aliphatic heterocycles. The average molecular weight is 269 g/mol. The molecule has 2 saturated carbocycles. The van der Waals surface area contributed by atoms with E-state index in [9.17, 15) is 12.8 Å². The highest BCUT2D eigenvalue weighted by molar-refractivity contribution is 7.89. The number of sulfonamides is 1. The molecular weight excluding hydrogens is 253 g/mol. The second kappa shape index (κ2) is 4.31. The molecule has 0 radical (unpaired) electrons. The molecule has 3 rings (SSSR count). The SMILES string of the molecule is O=S(=O)(N[C@@H]1C[C@@H]2CC[C@@H]1C2)c1ccc(F)cc1. The second-order valence-electron chi connectivity index (χ2n) is 5.36. The van der Waals surface area contributed by atoms with E-state index >= 15 is 0 Å². The molecule has 3 nitrogen and oxygen atoms in total. The molecule has 1 N–H and O–H groups in total. The Kier molecular flexibility index (Phi) is 2.90. The molecule has 18 heavy (non-hydrogen) atoms. The third-order valence-corrected chi connectivity index (χ3v) is 5.67. The molecule has 2 aliphatic carbocycles. The van der Waals surface area contributed by atoms with Crippen molar-refractivity contribution in [3.05, 3.63) is 30.1 Å². The van der Waals surface area contributed by atoms with Gasteiger partial charge in [0.15, 0.2) is 0 Å². The maximum atomic E-state index is 12.8. The number of halogens is 1. The molecule has 2 bridgehead atoms. The highest BCUT2D eigenvalue weighted by Crippen LogP contribution is 2.44. The summed E-state index contributed by atoms with van der Waals surface area (Å²) in [5.74, 6) is 0.759. The summed E-state index contributed by atoms with van der Waals surface area (Å²) in [4.78, 5) is 0.145. The van der Waals surface area contributed by atoms with Crippen molar-refractivity contribution >= 4 is 10.0 Å². The van der Waals surface area contributed by atoms with Crippen LogP contribution in [-0.2, 0) is 10.0 Å². The Hall–Kier alpha value is -0.940. The number of hydrogen-bond donors (Lipinski definition) is 1. The van der Waals surface area contributed by atoms with Crippen molar-refractivity contribution in [3.8, 4) is 0 Å². The molecule has 0 aromatic heterocycles. The number of nitrogens with one attached hydrogen (secondary N) is 1. The average Bonchev–Trinajstić information content (AvgIpc) is 2.91. The molecular formula is C13H16FNO2S. The lowest BCUT2D eigenvalue weighted by Gasteiger charge is -2.22. The van der Waals surface area contributed by atoms with Crippen molar-refractivity contribution in [1.82, 2.24) is 4.72 Å². The van der Waals surface area contributed by atoms with Crippen molar-refractivity contribution in [2.45, 2.75) is 36.6 Å². The van der Waals surface area contributed by atoms with Gasteiger partial charge in [-0.3, -0.25) is 0 Å². The summed E-state index contributed by atoms with van der Waals surface area (Å²) in [6.07, 6.45) is 4.46. The Morgan fingerprint density at radius 1 is 1.11 bits per heavy atom. The minimum absolute atomic E-state index is 0.0683. The Morgan fingerprint density at radius 3 is 2.39 bits per heavy atom. The van der Waals surface area contributed by atoms with E-state index < -0.39 is 15.8 Å². The van der Waals surface area contributed by atoms with Gasteiger partial charge in [0, 0.05) is 6.04 Å². The van der Waals surface area contributed by atoms with Crippen LogP contribution in [0, 0.1) is 17.7 Å². The third kappa shape index (κ3) is 2.17. The first-order valence-electron chi connectivity index (χ1n) is 6.32. The Morgan fingerprint density at radius 2 is 1.83 bits per heavy atom. The van der Waals surface area contributed by atoms with Gasteiger partial charge in [-0.15, -0.1) is 0 Å². The van der Waals surface area contributed by atoms with Gasteiger partial charge in [0.25, 0.3) is 0 Å². The van der Waals surface area contributed by atoms with Gasteiger partial charge in [-0.05, 0) is 55.4 Å². The molecule has 0 saturated heterocycles. The lowest BCUT2D eigenvalue weighted by molar-refractivity contribution is 0.390. The Labute approximate surface area is 106 Å². The number of hydrogen-bond acceptors (Lipinski definition) is 2. The van der Waals surface area contributed by atoms with Crippen molar-refractivity contribution in [3.63, 3.8) is 0 Å². The van der Waals surface area contributed by atoms with Crippen molar-refractivity contribution in [1.29, 1.82) is 0 Å². The fourth-order valence-corrected chi connectivity index (χ4v) is 4.59. The lowest BCUT2D eigenvalue weighted by Crippen LogP contribution is -2.38. The predicted molar refractivity (Wildman–Crippen MR) is 66.0 cm³/mol. The molecule has 2 fully saturated rings. The summed E-state index contributed by atoms with van der Waals surface area (Å²) in [5, 5.41) is 0. The first-order valence-corrected chi connectivity index (χ1v) is 7.81. The minimum atomic E-state index is -3.50. The van der Waals surface area contributed by atoms with Crippen LogP contribution in [0.4, 0.5) is 4.39 Å². The van der Waals surface area contributed by atoms with E-state index in [0.717, 1.165) is 19.3 Å². The summed E-state index contributed by atoms with van der Waals surface area (Å²) in [6.45, 7) is 0. The first kappa shape index (κ1) is 12.1. The number of rotatable bonds is 3. The van der Waals surface area contributed by atoms with Crippen LogP contribution in [0.25, 0.3) is 0 Å². The molecule has 5 heteroatoms. The van der Waals surface area contributed by atoms with Crippen LogP contribution in [0.2, 0.25) is 0 Å². The smallest absolute Gasteiger partial charge is 0.208 e. The van der Waals surface area contributed by atoms with Gasteiger partial charge in [0.05, 0.1) is 4.90 Å². The molecule has 1 aromatic carbocycles. The zero-order chi connectivity index (χ0) is 12.8. The first-order chi connectivity index (χ1) is 8.54. The van der Waals surface area contributed by atoms with Gasteiger partial charge in [0.2, 0.25) is 10.0 Å². The van der Waals surface area contributed by atoms with Crippen LogP contribution >= 0.6 is 0 Å². The normalized spacial score (nSPS) is 30.8. The molecule has 0 unspecified atom stereocenters. The summed E-state index contributed by atoms with van der Waals surface area (Å²) >= 11 is 0. The molecule has 1 aromatic rings. The molecule has 0 amide bonds. The van der Waals surface area contributed by atoms with Gasteiger partial charge >= 0.3 is 0 Å². The summed E-state index contributed by atoms with van der Waals surface area (Å²) < 4.78 is 39.8. The highest BCUT2D eigenvalue weighted by atomic mass is 32.2. The third-order valence-electron chi connectivity index (χ3n) is 4.17. The van der Waals surface area contributed by atoms with Gasteiger partial charge in [-0.25, -0.2) is 17.5 Å². The Balaban J connectivity index is 1.77. The second-order valence-corrected chi connectivity index (χ2v) is 7.07. The van der Waals surface area contributed by atoms with Crippen molar-refractivity contribution < 1.29 is 12.8 Å². The monoisotopic (exact) mass is 269 g/mol. The molecule has 98 valence electrons. The van der Waals surface area contributed by atoms with Crippen LogP contribution in [0.5, 0.6) is 0 Å². The molecule has 0 heterocycles. The van der Waals surface area contributed by atoms with Gasteiger partial charge in [-0.1, -0.05) is 6.42 Å². The Bertz CT molecular complexity index is 541. The summed E-state index contributed by atoms with van der Waals surface area (Å²) in [5.41, 5.74) is 0. The minimum Gasteiger partial charge on any atom is -0.208 e. The van der Waals surface area contributed by atoms with E-state index in [1.54, 1.807) is 0 Å². The van der Waals surface area contributed by atoms with E-state index in [2.05, 4.69) is 4.72 Å². The van der Waals surface area contributed by atoms with E-state index in [0.29, 0.717) is 11.8 Å². The van der Waals surface area contributed by atoms with Crippen LogP contribution in [-0.4, -0.2) is 14.5 Å². The quantitative estimate of drug-likeness (QED) is 0.915. The zero-order valence-electron chi connectivity index (χ0n) is 9.97. The highest BCUT2D eigenvalue weighted by Gasteiger charge is 2.41. The van der Waals surface area contributed by atoms with Crippen LogP contribution < -0.4 is 4.72 Å². The van der Waals surface area contributed by atoms with E-state index in [1.165, 1.54) is 30.7 Å². The van der Waals surface area contributed by atoms with Crippen LogP contribution in [0.15, 0.2) is 29.2 Å². The topological polar surface area (TPSA) is 46.2 Å². The molecule has 2 aliphatic rings. The maximum absolute atomic E-state index is 12.8. The fraction of sp³-hybridized carbons (Fsp3) is 0.538. The largest absolute Gasteiger partial charge is 0.240 e. The number of benzene rings is 1. The van der Waals surface area contributed by atoms with E-state index in [-0.39, 0.29) is 10.9 Å². The van der Waals surface area contributed by atoms with Gasteiger partial charge in [0.1, 0.15) is 5.82 Å². The van der Waals surface area contributed by atoms with Crippen molar-refractivity contribution in [2.24, 2.45) is 11.8 Å². The maximum Gasteiger partial charge on any atom is 0.240 e. The standard InChI is InChI=1S/C13H16FNO2S/c14-11-3-5-12(6-4-11)18(16,17)15-13-8-9-1-2-10(13)7-9/h3-6,9-10,13,15H,1-2,7-8H2/t9-,10-,13-/m1/s1. The van der Waals surface area contributed by atoms with E-state index in [4.69, 9.17) is 0 Å². The summed E-state index contributed by atoms with van der Waals surface area (Å²) in [6, 6.07) is 5.04. The predicted octanol–water partition coefficient (Wildman–Crippen LogP) is 2.29. The van der Waals surface area contributed by atoms with E-state index in [1.807, 2.05) is 0 Å². The summed E-state index contributed by atoms with van der Waals surface area (Å²) in [7, 11) is -3.50. The lowest BCUT2D eigenvalue weighted by atomic mass is 9.96. The zero-order valence-corrected chi connectivity index (χ0v) is 10.8. The molecule has 0 spiro atoms. The molecule has 3 atom stereocenters.